The van der Waals surface area contributed by atoms with Crippen molar-refractivity contribution >= 4 is 0 Å². The molecule has 0 aromatic heterocycles. The highest BCUT2D eigenvalue weighted by Gasteiger charge is 2.07. The summed E-state index contributed by atoms with van der Waals surface area (Å²) in [6.07, 6.45) is 3.36. The first-order valence-corrected chi connectivity index (χ1v) is 5.43. The van der Waals surface area contributed by atoms with Crippen LogP contribution in [-0.2, 0) is 0 Å². The lowest BCUT2D eigenvalue weighted by Gasteiger charge is -2.19. The molecule has 0 aromatic rings. The number of hydrogen-bond donors (Lipinski definition) is 2. The van der Waals surface area contributed by atoms with Crippen molar-refractivity contribution in [2.45, 2.75) is 59.0 Å². The van der Waals surface area contributed by atoms with E-state index in [4.69, 9.17) is 5.11 Å². The molecule has 2 N–H and O–H groups in total. The minimum absolute atomic E-state index is 0.283. The second-order valence-corrected chi connectivity index (χ2v) is 4.45. The predicted octanol–water partition coefficient (Wildman–Crippen LogP) is 2.17. The third-order valence-corrected chi connectivity index (χ3v) is 2.31. The molecule has 0 aliphatic carbocycles. The van der Waals surface area contributed by atoms with Crippen molar-refractivity contribution in [2.75, 3.05) is 6.61 Å². The summed E-state index contributed by atoms with van der Waals surface area (Å²) in [6, 6.07) is 1.01. The van der Waals surface area contributed by atoms with E-state index < -0.39 is 0 Å². The van der Waals surface area contributed by atoms with Gasteiger partial charge in [0.15, 0.2) is 0 Å². The van der Waals surface area contributed by atoms with Gasteiger partial charge in [0.05, 0.1) is 0 Å². The highest BCUT2D eigenvalue weighted by atomic mass is 16.3. The Bertz CT molecular complexity index is 115. The lowest BCUT2D eigenvalue weighted by Crippen LogP contribution is -2.35. The van der Waals surface area contributed by atoms with Crippen molar-refractivity contribution in [3.8, 4) is 0 Å². The zero-order chi connectivity index (χ0) is 10.3. The quantitative estimate of drug-likeness (QED) is 0.640. The van der Waals surface area contributed by atoms with Crippen LogP contribution in [0, 0.1) is 5.92 Å². The topological polar surface area (TPSA) is 32.3 Å². The predicted molar refractivity (Wildman–Crippen MR) is 57.8 cm³/mol. The normalized spacial score (nSPS) is 16.2. The van der Waals surface area contributed by atoms with Gasteiger partial charge in [0.25, 0.3) is 0 Å². The van der Waals surface area contributed by atoms with Gasteiger partial charge >= 0.3 is 0 Å². The summed E-state index contributed by atoms with van der Waals surface area (Å²) in [5.74, 6) is 0.789. The van der Waals surface area contributed by atoms with Gasteiger partial charge in [-0.05, 0) is 39.0 Å². The summed E-state index contributed by atoms with van der Waals surface area (Å²) in [6.45, 7) is 9.14. The standard InChI is InChI=1S/C11H25NO/c1-9(2)5-6-10(3)12-11(4)7-8-13/h9-13H,5-8H2,1-4H3. The smallest absolute Gasteiger partial charge is 0.0445 e. The van der Waals surface area contributed by atoms with Gasteiger partial charge in [-0.15, -0.1) is 0 Å². The summed E-state index contributed by atoms with van der Waals surface area (Å²) in [4.78, 5) is 0. The third-order valence-electron chi connectivity index (χ3n) is 2.31. The average molecular weight is 187 g/mol. The Hall–Kier alpha value is -0.0800. The van der Waals surface area contributed by atoms with Crippen LogP contribution in [0.3, 0.4) is 0 Å². The summed E-state index contributed by atoms with van der Waals surface area (Å²) in [5.41, 5.74) is 0. The first kappa shape index (κ1) is 12.9. The van der Waals surface area contributed by atoms with E-state index in [0.29, 0.717) is 12.1 Å². The molecule has 2 unspecified atom stereocenters. The first-order valence-electron chi connectivity index (χ1n) is 5.43. The number of aliphatic hydroxyl groups excluding tert-OH is 1. The van der Waals surface area contributed by atoms with Crippen LogP contribution in [0.15, 0.2) is 0 Å². The summed E-state index contributed by atoms with van der Waals surface area (Å²) in [7, 11) is 0. The second kappa shape index (κ2) is 7.34. The van der Waals surface area contributed by atoms with Crippen molar-refractivity contribution < 1.29 is 5.11 Å². The van der Waals surface area contributed by atoms with Crippen LogP contribution in [0.1, 0.15) is 47.0 Å². The fourth-order valence-corrected chi connectivity index (χ4v) is 1.43. The van der Waals surface area contributed by atoms with Crippen molar-refractivity contribution in [3.63, 3.8) is 0 Å². The van der Waals surface area contributed by atoms with Crippen LogP contribution in [-0.4, -0.2) is 23.8 Å². The highest BCUT2D eigenvalue weighted by molar-refractivity contribution is 4.67. The van der Waals surface area contributed by atoms with Gasteiger partial charge in [0.2, 0.25) is 0 Å². The van der Waals surface area contributed by atoms with Gasteiger partial charge in [-0.2, -0.15) is 0 Å². The van der Waals surface area contributed by atoms with E-state index in [1.165, 1.54) is 12.8 Å². The van der Waals surface area contributed by atoms with Crippen molar-refractivity contribution in [3.05, 3.63) is 0 Å². The van der Waals surface area contributed by atoms with Gasteiger partial charge in [-0.1, -0.05) is 13.8 Å². The third kappa shape index (κ3) is 8.26. The van der Waals surface area contributed by atoms with Crippen LogP contribution in [0.5, 0.6) is 0 Å². The lowest BCUT2D eigenvalue weighted by atomic mass is 10.0. The molecule has 0 bridgehead atoms. The van der Waals surface area contributed by atoms with Gasteiger partial charge < -0.3 is 10.4 Å². The molecule has 0 aromatic carbocycles. The molecule has 2 nitrogen and oxygen atoms in total. The molecule has 0 saturated heterocycles. The molecule has 0 radical (unpaired) electrons. The summed E-state index contributed by atoms with van der Waals surface area (Å²) < 4.78 is 0. The van der Waals surface area contributed by atoms with Gasteiger partial charge in [0.1, 0.15) is 0 Å². The van der Waals surface area contributed by atoms with Crippen LogP contribution in [0.25, 0.3) is 0 Å². The maximum atomic E-state index is 8.73. The van der Waals surface area contributed by atoms with Gasteiger partial charge in [-0.3, -0.25) is 0 Å². The number of nitrogens with one attached hydrogen (secondary N) is 1. The molecular formula is C11H25NO. The van der Waals surface area contributed by atoms with Gasteiger partial charge in [-0.25, -0.2) is 0 Å². The molecule has 2 atom stereocenters. The molecule has 2 heteroatoms. The molecule has 0 spiro atoms. The molecule has 0 fully saturated rings. The number of rotatable bonds is 7. The van der Waals surface area contributed by atoms with Crippen LogP contribution >= 0.6 is 0 Å². The van der Waals surface area contributed by atoms with Crippen molar-refractivity contribution in [2.24, 2.45) is 5.92 Å². The van der Waals surface area contributed by atoms with Crippen LogP contribution in [0.4, 0.5) is 0 Å². The number of hydrogen-bond acceptors (Lipinski definition) is 2. The molecule has 0 heterocycles. The average Bonchev–Trinajstić information content (AvgIpc) is 2.01. The zero-order valence-corrected chi connectivity index (χ0v) is 9.51. The Morgan fingerprint density at radius 1 is 0.923 bits per heavy atom. The van der Waals surface area contributed by atoms with Crippen LogP contribution < -0.4 is 5.32 Å². The Balaban J connectivity index is 3.43. The Labute approximate surface area is 82.7 Å². The highest BCUT2D eigenvalue weighted by Crippen LogP contribution is 2.07. The maximum absolute atomic E-state index is 8.73. The second-order valence-electron chi connectivity index (χ2n) is 4.45. The minimum atomic E-state index is 0.283. The van der Waals surface area contributed by atoms with Crippen molar-refractivity contribution in [1.29, 1.82) is 0 Å². The Kier molecular flexibility index (Phi) is 7.29. The molecule has 13 heavy (non-hydrogen) atoms. The molecule has 0 aliphatic rings. The van der Waals surface area contributed by atoms with Crippen molar-refractivity contribution in [1.82, 2.24) is 5.32 Å². The Morgan fingerprint density at radius 2 is 1.46 bits per heavy atom. The minimum Gasteiger partial charge on any atom is -0.396 e. The van der Waals surface area contributed by atoms with E-state index in [9.17, 15) is 0 Å². The fraction of sp³-hybridized carbons (Fsp3) is 1.00. The lowest BCUT2D eigenvalue weighted by molar-refractivity contribution is 0.262. The van der Waals surface area contributed by atoms with E-state index in [1.807, 2.05) is 0 Å². The zero-order valence-electron chi connectivity index (χ0n) is 9.51. The first-order chi connectivity index (χ1) is 6.06. The van der Waals surface area contributed by atoms with Crippen LogP contribution in [0.2, 0.25) is 0 Å². The molecule has 0 amide bonds. The SMILES string of the molecule is CC(C)CCC(C)NC(C)CCO. The number of aliphatic hydroxyl groups is 1. The molecule has 0 saturated carbocycles. The largest absolute Gasteiger partial charge is 0.396 e. The van der Waals surface area contributed by atoms with E-state index >= 15 is 0 Å². The summed E-state index contributed by atoms with van der Waals surface area (Å²) >= 11 is 0. The molecule has 80 valence electrons. The van der Waals surface area contributed by atoms with E-state index in [1.54, 1.807) is 0 Å². The fourth-order valence-electron chi connectivity index (χ4n) is 1.43. The van der Waals surface area contributed by atoms with E-state index in [0.717, 1.165) is 12.3 Å². The van der Waals surface area contributed by atoms with E-state index in [-0.39, 0.29) is 6.61 Å². The maximum Gasteiger partial charge on any atom is 0.0445 e. The monoisotopic (exact) mass is 187 g/mol. The van der Waals surface area contributed by atoms with E-state index in [2.05, 4.69) is 33.0 Å². The molecule has 0 aliphatic heterocycles. The van der Waals surface area contributed by atoms with Gasteiger partial charge in [0, 0.05) is 18.7 Å². The molecular weight excluding hydrogens is 162 g/mol. The molecule has 0 rings (SSSR count). The Morgan fingerprint density at radius 3 is 1.92 bits per heavy atom. The summed E-state index contributed by atoms with van der Waals surface area (Å²) in [5, 5.41) is 12.2.